The normalized spacial score (nSPS) is 10.8. The highest BCUT2D eigenvalue weighted by molar-refractivity contribution is 6.35. The maximum atomic E-state index is 10.7. The fourth-order valence-electron chi connectivity index (χ4n) is 1.39. The van der Waals surface area contributed by atoms with E-state index in [0.29, 0.717) is 22.6 Å². The van der Waals surface area contributed by atoms with Crippen LogP contribution in [0.15, 0.2) is 12.3 Å². The first-order chi connectivity index (χ1) is 7.13. The van der Waals surface area contributed by atoms with Crippen molar-refractivity contribution in [2.45, 2.75) is 13.5 Å². The Hall–Kier alpha value is -1.62. The Bertz CT molecular complexity index is 535. The molecule has 1 N–H and O–H groups in total. The lowest BCUT2D eigenvalue weighted by molar-refractivity contribution is 0.0689. The fraction of sp³-hybridized carbons (Fsp3) is 0.222. The Morgan fingerprint density at radius 3 is 2.93 bits per heavy atom. The molecule has 0 aromatic carbocycles. The van der Waals surface area contributed by atoms with Crippen molar-refractivity contribution in [1.29, 1.82) is 0 Å². The summed E-state index contributed by atoms with van der Waals surface area (Å²) in [6.45, 7) is 2.66. The molecule has 2 aromatic rings. The Morgan fingerprint density at radius 2 is 2.33 bits per heavy atom. The molecule has 0 unspecified atom stereocenters. The van der Waals surface area contributed by atoms with E-state index in [2.05, 4.69) is 10.2 Å². The summed E-state index contributed by atoms with van der Waals surface area (Å²) in [6.07, 6.45) is 1.71. The number of aromatic carboxylic acids is 1. The topological polar surface area (TPSA) is 68.0 Å². The van der Waals surface area contributed by atoms with Gasteiger partial charge in [-0.15, -0.1) is 10.2 Å². The molecule has 2 rings (SSSR count). The molecule has 0 aliphatic rings. The van der Waals surface area contributed by atoms with E-state index in [1.807, 2.05) is 11.5 Å². The number of carboxylic acids is 1. The molecule has 5 nitrogen and oxygen atoms in total. The fourth-order valence-corrected chi connectivity index (χ4v) is 1.64. The van der Waals surface area contributed by atoms with Gasteiger partial charge in [0.1, 0.15) is 0 Å². The average molecular weight is 226 g/mol. The molecule has 15 heavy (non-hydrogen) atoms. The van der Waals surface area contributed by atoms with Gasteiger partial charge in [0.05, 0.1) is 5.02 Å². The summed E-state index contributed by atoms with van der Waals surface area (Å²) in [5.74, 6) is -1.11. The van der Waals surface area contributed by atoms with Crippen molar-refractivity contribution in [1.82, 2.24) is 14.8 Å². The summed E-state index contributed by atoms with van der Waals surface area (Å²) in [7, 11) is 0. The van der Waals surface area contributed by atoms with Crippen LogP contribution in [-0.2, 0) is 6.54 Å². The monoisotopic (exact) mass is 225 g/mol. The minimum absolute atomic E-state index is 0.0988. The number of hydrogen-bond donors (Lipinski definition) is 1. The van der Waals surface area contributed by atoms with Crippen molar-refractivity contribution in [3.8, 4) is 0 Å². The van der Waals surface area contributed by atoms with Gasteiger partial charge in [0.15, 0.2) is 11.3 Å². The number of carbonyl (C=O) groups is 1. The molecule has 78 valence electrons. The van der Waals surface area contributed by atoms with Crippen LogP contribution in [0.25, 0.3) is 11.0 Å². The van der Waals surface area contributed by atoms with Crippen molar-refractivity contribution in [3.05, 3.63) is 23.0 Å². The van der Waals surface area contributed by atoms with E-state index < -0.39 is 5.97 Å². The first kappa shape index (κ1) is 9.92. The van der Waals surface area contributed by atoms with E-state index in [1.54, 1.807) is 6.20 Å². The molecule has 0 radical (unpaired) electrons. The van der Waals surface area contributed by atoms with Crippen LogP contribution < -0.4 is 0 Å². The van der Waals surface area contributed by atoms with Gasteiger partial charge in [-0.25, -0.2) is 4.79 Å². The molecular formula is C9H8ClN3O2. The van der Waals surface area contributed by atoms with Crippen LogP contribution in [0.4, 0.5) is 0 Å². The molecule has 2 heterocycles. The van der Waals surface area contributed by atoms with Crippen LogP contribution in [0, 0.1) is 0 Å². The zero-order chi connectivity index (χ0) is 11.0. The van der Waals surface area contributed by atoms with Gasteiger partial charge < -0.3 is 9.67 Å². The highest BCUT2D eigenvalue weighted by atomic mass is 35.5. The lowest BCUT2D eigenvalue weighted by atomic mass is 10.3. The van der Waals surface area contributed by atoms with Crippen molar-refractivity contribution in [3.63, 3.8) is 0 Å². The maximum Gasteiger partial charge on any atom is 0.356 e. The molecule has 0 fully saturated rings. The highest BCUT2D eigenvalue weighted by Crippen LogP contribution is 2.24. The Labute approximate surface area is 90.3 Å². The number of rotatable bonds is 2. The number of carboxylic acid groups (broad SMARTS) is 1. The van der Waals surface area contributed by atoms with Gasteiger partial charge in [-0.2, -0.15) is 0 Å². The molecule has 0 aliphatic carbocycles. The maximum absolute atomic E-state index is 10.7. The smallest absolute Gasteiger partial charge is 0.356 e. The van der Waals surface area contributed by atoms with E-state index in [4.69, 9.17) is 16.7 Å². The van der Waals surface area contributed by atoms with Crippen molar-refractivity contribution < 1.29 is 9.90 Å². The van der Waals surface area contributed by atoms with Crippen LogP contribution in [0.5, 0.6) is 0 Å². The van der Waals surface area contributed by atoms with Crippen LogP contribution in [0.1, 0.15) is 17.4 Å². The summed E-state index contributed by atoms with van der Waals surface area (Å²) < 4.78 is 1.82. The van der Waals surface area contributed by atoms with Gasteiger partial charge in [-0.3, -0.25) is 0 Å². The summed E-state index contributed by atoms with van der Waals surface area (Å²) in [5.41, 5.74) is 0.505. The van der Waals surface area contributed by atoms with Crippen molar-refractivity contribution >= 4 is 28.6 Å². The third-order valence-corrected chi connectivity index (χ3v) is 2.43. The first-order valence-electron chi connectivity index (χ1n) is 4.39. The summed E-state index contributed by atoms with van der Waals surface area (Å²) in [5, 5.41) is 17.3. The largest absolute Gasteiger partial charge is 0.476 e. The average Bonchev–Trinajstić information content (AvgIpc) is 2.55. The van der Waals surface area contributed by atoms with Gasteiger partial charge in [0, 0.05) is 18.1 Å². The van der Waals surface area contributed by atoms with Crippen LogP contribution >= 0.6 is 11.6 Å². The molecule has 0 spiro atoms. The van der Waals surface area contributed by atoms with Crippen LogP contribution in [-0.4, -0.2) is 25.8 Å². The number of nitrogens with zero attached hydrogens (tertiary/aromatic N) is 3. The summed E-state index contributed by atoms with van der Waals surface area (Å²) in [6, 6.07) is 1.43. The zero-order valence-corrected chi connectivity index (χ0v) is 8.69. The summed E-state index contributed by atoms with van der Waals surface area (Å²) >= 11 is 5.95. The van der Waals surface area contributed by atoms with E-state index in [-0.39, 0.29) is 5.69 Å². The number of hydrogen-bond acceptors (Lipinski definition) is 3. The number of aromatic nitrogens is 3. The zero-order valence-electron chi connectivity index (χ0n) is 7.94. The minimum atomic E-state index is -1.11. The minimum Gasteiger partial charge on any atom is -0.476 e. The van der Waals surface area contributed by atoms with Gasteiger partial charge in [-0.1, -0.05) is 11.6 Å². The predicted octanol–water partition coefficient (Wildman–Crippen LogP) is 1.80. The Morgan fingerprint density at radius 1 is 1.60 bits per heavy atom. The van der Waals surface area contributed by atoms with E-state index >= 15 is 0 Å². The second-order valence-electron chi connectivity index (χ2n) is 3.04. The highest BCUT2D eigenvalue weighted by Gasteiger charge is 2.12. The molecule has 6 heteroatoms. The number of halogens is 1. The second-order valence-corrected chi connectivity index (χ2v) is 3.44. The Balaban J connectivity index is 2.72. The van der Waals surface area contributed by atoms with E-state index in [1.165, 1.54) is 6.07 Å². The molecule has 0 saturated carbocycles. The number of aryl methyl sites for hydroxylation is 1. The third-order valence-electron chi connectivity index (χ3n) is 2.13. The van der Waals surface area contributed by atoms with Gasteiger partial charge >= 0.3 is 5.97 Å². The third kappa shape index (κ3) is 1.55. The standard InChI is InChI=1S/C9H8ClN3O2/c1-2-13-4-6(10)5-3-7(9(14)15)11-12-8(5)13/h3-4H,2H2,1H3,(H,14,15). The van der Waals surface area contributed by atoms with Gasteiger partial charge in [-0.05, 0) is 13.0 Å². The quantitative estimate of drug-likeness (QED) is 0.846. The molecule has 2 aromatic heterocycles. The van der Waals surface area contributed by atoms with Crippen LogP contribution in [0.2, 0.25) is 5.02 Å². The second kappa shape index (κ2) is 3.51. The van der Waals surface area contributed by atoms with Crippen molar-refractivity contribution in [2.24, 2.45) is 0 Å². The van der Waals surface area contributed by atoms with E-state index in [9.17, 15) is 4.79 Å². The molecule has 0 aliphatic heterocycles. The van der Waals surface area contributed by atoms with Crippen molar-refractivity contribution in [2.75, 3.05) is 0 Å². The predicted molar refractivity (Wildman–Crippen MR) is 55.2 cm³/mol. The molecule has 0 bridgehead atoms. The lowest BCUT2D eigenvalue weighted by Crippen LogP contribution is -2.03. The molecule has 0 atom stereocenters. The lowest BCUT2D eigenvalue weighted by Gasteiger charge is -1.98. The molecule has 0 saturated heterocycles. The van der Waals surface area contributed by atoms with Gasteiger partial charge in [0.25, 0.3) is 0 Å². The number of fused-ring (bicyclic) bond motifs is 1. The summed E-state index contributed by atoms with van der Waals surface area (Å²) in [4.78, 5) is 10.7. The first-order valence-corrected chi connectivity index (χ1v) is 4.76. The molecular weight excluding hydrogens is 218 g/mol. The van der Waals surface area contributed by atoms with Crippen LogP contribution in [0.3, 0.4) is 0 Å². The SMILES string of the molecule is CCn1cc(Cl)c2cc(C(=O)O)nnc21. The van der Waals surface area contributed by atoms with Gasteiger partial charge in [0.2, 0.25) is 0 Å². The molecule has 0 amide bonds. The Kier molecular flexibility index (Phi) is 2.32. The van der Waals surface area contributed by atoms with E-state index in [0.717, 1.165) is 0 Å².